The topological polar surface area (TPSA) is 58.2 Å². The lowest BCUT2D eigenvalue weighted by atomic mass is 10.1. The lowest BCUT2D eigenvalue weighted by Crippen LogP contribution is -2.27. The zero-order valence-corrected chi connectivity index (χ0v) is 14.7. The molecule has 0 spiro atoms. The molecule has 4 nitrogen and oxygen atoms in total. The van der Waals surface area contributed by atoms with Crippen molar-refractivity contribution >= 4 is 17.5 Å². The Bertz CT molecular complexity index is 785. The maximum absolute atomic E-state index is 12.4. The van der Waals surface area contributed by atoms with E-state index in [-0.39, 0.29) is 23.7 Å². The molecule has 25 heavy (non-hydrogen) atoms. The Morgan fingerprint density at radius 1 is 0.960 bits per heavy atom. The fraction of sp³-hybridized carbons (Fsp3) is 0.333. The number of para-hydroxylation sites is 1. The summed E-state index contributed by atoms with van der Waals surface area (Å²) in [6.07, 6.45) is 1.49. The first-order valence-electron chi connectivity index (χ1n) is 8.81. The third-order valence-electron chi connectivity index (χ3n) is 4.83. The maximum Gasteiger partial charge on any atom is 0.228 e. The Morgan fingerprint density at radius 3 is 2.32 bits per heavy atom. The average Bonchev–Trinajstić information content (AvgIpc) is 3.42. The highest BCUT2D eigenvalue weighted by molar-refractivity contribution is 5.99. The molecule has 1 aliphatic carbocycles. The highest BCUT2D eigenvalue weighted by atomic mass is 16.2. The highest BCUT2D eigenvalue weighted by Crippen LogP contribution is 2.39. The summed E-state index contributed by atoms with van der Waals surface area (Å²) in [5.41, 5.74) is 4.22. The molecule has 1 aliphatic rings. The van der Waals surface area contributed by atoms with Crippen LogP contribution in [-0.4, -0.2) is 11.8 Å². The molecule has 2 aromatic carbocycles. The zero-order chi connectivity index (χ0) is 17.8. The van der Waals surface area contributed by atoms with Gasteiger partial charge in [-0.1, -0.05) is 49.4 Å². The van der Waals surface area contributed by atoms with Crippen LogP contribution in [0, 0.1) is 18.8 Å². The van der Waals surface area contributed by atoms with Crippen LogP contribution in [0.15, 0.2) is 48.5 Å². The summed E-state index contributed by atoms with van der Waals surface area (Å²) in [5, 5.41) is 5.93. The van der Waals surface area contributed by atoms with Gasteiger partial charge < -0.3 is 10.6 Å². The van der Waals surface area contributed by atoms with E-state index >= 15 is 0 Å². The number of carbonyl (C=O) groups excluding carboxylic acids is 2. The van der Waals surface area contributed by atoms with Gasteiger partial charge in [0, 0.05) is 12.2 Å². The number of amides is 2. The fourth-order valence-electron chi connectivity index (χ4n) is 3.07. The van der Waals surface area contributed by atoms with E-state index in [1.165, 1.54) is 0 Å². The standard InChI is InChI=1S/C21H24N2O2/c1-3-15-9-6-7-11-19(15)23-21(25)18-12-17(18)20(24)22-13-16-10-5-4-8-14(16)2/h4-11,17-18H,3,12-13H2,1-2H3,(H,22,24)(H,23,25). The van der Waals surface area contributed by atoms with Crippen LogP contribution in [0.1, 0.15) is 30.0 Å². The van der Waals surface area contributed by atoms with Gasteiger partial charge in [-0.25, -0.2) is 0 Å². The molecule has 2 amide bonds. The van der Waals surface area contributed by atoms with Gasteiger partial charge in [-0.2, -0.15) is 0 Å². The van der Waals surface area contributed by atoms with Crippen LogP contribution in [0.3, 0.4) is 0 Å². The van der Waals surface area contributed by atoms with Crippen LogP contribution in [0.25, 0.3) is 0 Å². The smallest absolute Gasteiger partial charge is 0.228 e. The number of benzene rings is 2. The molecule has 4 heteroatoms. The summed E-state index contributed by atoms with van der Waals surface area (Å²) in [6.45, 7) is 4.60. The number of anilines is 1. The van der Waals surface area contributed by atoms with Crippen molar-refractivity contribution in [2.45, 2.75) is 33.2 Å². The molecule has 0 aromatic heterocycles. The Kier molecular flexibility index (Phi) is 5.17. The van der Waals surface area contributed by atoms with Crippen LogP contribution < -0.4 is 10.6 Å². The monoisotopic (exact) mass is 336 g/mol. The molecule has 0 saturated heterocycles. The molecule has 0 radical (unpaired) electrons. The van der Waals surface area contributed by atoms with Gasteiger partial charge in [-0.15, -0.1) is 0 Å². The number of nitrogens with one attached hydrogen (secondary N) is 2. The van der Waals surface area contributed by atoms with Gasteiger partial charge in [0.25, 0.3) is 0 Å². The molecule has 0 bridgehead atoms. The van der Waals surface area contributed by atoms with E-state index in [2.05, 4.69) is 17.6 Å². The van der Waals surface area contributed by atoms with Crippen LogP contribution >= 0.6 is 0 Å². The van der Waals surface area contributed by atoms with Crippen LogP contribution in [0.5, 0.6) is 0 Å². The molecule has 130 valence electrons. The minimum Gasteiger partial charge on any atom is -0.352 e. The van der Waals surface area contributed by atoms with E-state index < -0.39 is 0 Å². The van der Waals surface area contributed by atoms with Crippen molar-refractivity contribution in [1.82, 2.24) is 5.32 Å². The van der Waals surface area contributed by atoms with Crippen molar-refractivity contribution in [3.63, 3.8) is 0 Å². The second-order valence-electron chi connectivity index (χ2n) is 6.59. The first kappa shape index (κ1) is 17.2. The molecule has 2 N–H and O–H groups in total. The summed E-state index contributed by atoms with van der Waals surface area (Å²) in [7, 11) is 0. The molecule has 2 unspecified atom stereocenters. The molecule has 0 heterocycles. The highest BCUT2D eigenvalue weighted by Gasteiger charge is 2.48. The van der Waals surface area contributed by atoms with E-state index in [0.717, 1.165) is 28.8 Å². The SMILES string of the molecule is CCc1ccccc1NC(=O)C1CC1C(=O)NCc1ccccc1C. The molecule has 3 rings (SSSR count). The third kappa shape index (κ3) is 4.08. The van der Waals surface area contributed by atoms with Crippen molar-refractivity contribution < 1.29 is 9.59 Å². The van der Waals surface area contributed by atoms with Gasteiger partial charge in [0.15, 0.2) is 0 Å². The average molecular weight is 336 g/mol. The Balaban J connectivity index is 1.52. The lowest BCUT2D eigenvalue weighted by molar-refractivity contribution is -0.125. The number of hydrogen-bond acceptors (Lipinski definition) is 2. The molecule has 2 atom stereocenters. The first-order valence-corrected chi connectivity index (χ1v) is 8.81. The Morgan fingerprint density at radius 2 is 1.60 bits per heavy atom. The van der Waals surface area contributed by atoms with Crippen LogP contribution in [0.4, 0.5) is 5.69 Å². The normalized spacial score (nSPS) is 18.5. The van der Waals surface area contributed by atoms with Gasteiger partial charge in [0.2, 0.25) is 11.8 Å². The third-order valence-corrected chi connectivity index (χ3v) is 4.83. The van der Waals surface area contributed by atoms with Crippen LogP contribution in [-0.2, 0) is 22.6 Å². The molecule has 1 saturated carbocycles. The van der Waals surface area contributed by atoms with Gasteiger partial charge in [0.05, 0.1) is 11.8 Å². The summed E-state index contributed by atoms with van der Waals surface area (Å²) in [5.74, 6) is -0.524. The second kappa shape index (κ2) is 7.51. The predicted octanol–water partition coefficient (Wildman–Crippen LogP) is 3.45. The minimum absolute atomic E-state index is 0.0350. The Hall–Kier alpha value is -2.62. The van der Waals surface area contributed by atoms with Crippen molar-refractivity contribution in [2.24, 2.45) is 11.8 Å². The van der Waals surface area contributed by atoms with Gasteiger partial charge in [-0.05, 0) is 42.5 Å². The summed E-state index contributed by atoms with van der Waals surface area (Å²) in [4.78, 5) is 24.7. The first-order chi connectivity index (χ1) is 12.1. The van der Waals surface area contributed by atoms with Crippen molar-refractivity contribution in [3.05, 3.63) is 65.2 Å². The molecular formula is C21H24N2O2. The molecule has 1 fully saturated rings. The van der Waals surface area contributed by atoms with E-state index in [9.17, 15) is 9.59 Å². The van der Waals surface area contributed by atoms with Crippen LogP contribution in [0.2, 0.25) is 0 Å². The maximum atomic E-state index is 12.4. The zero-order valence-electron chi connectivity index (χ0n) is 14.7. The van der Waals surface area contributed by atoms with Gasteiger partial charge >= 0.3 is 0 Å². The number of carbonyl (C=O) groups is 2. The van der Waals surface area contributed by atoms with Crippen molar-refractivity contribution in [1.29, 1.82) is 0 Å². The Labute approximate surface area is 148 Å². The summed E-state index contributed by atoms with van der Waals surface area (Å²) >= 11 is 0. The predicted molar refractivity (Wildman–Crippen MR) is 99.1 cm³/mol. The van der Waals surface area contributed by atoms with Gasteiger partial charge in [-0.3, -0.25) is 9.59 Å². The molecular weight excluding hydrogens is 312 g/mol. The number of hydrogen-bond donors (Lipinski definition) is 2. The minimum atomic E-state index is -0.221. The second-order valence-corrected chi connectivity index (χ2v) is 6.59. The fourth-order valence-corrected chi connectivity index (χ4v) is 3.07. The summed E-state index contributed by atoms with van der Waals surface area (Å²) in [6, 6.07) is 15.8. The van der Waals surface area contributed by atoms with Crippen molar-refractivity contribution in [3.8, 4) is 0 Å². The number of aryl methyl sites for hydroxylation is 2. The summed E-state index contributed by atoms with van der Waals surface area (Å²) < 4.78 is 0. The quantitative estimate of drug-likeness (QED) is 0.849. The van der Waals surface area contributed by atoms with Crippen molar-refractivity contribution in [2.75, 3.05) is 5.32 Å². The van der Waals surface area contributed by atoms with E-state index in [1.54, 1.807) is 0 Å². The van der Waals surface area contributed by atoms with Gasteiger partial charge in [0.1, 0.15) is 0 Å². The van der Waals surface area contributed by atoms with E-state index in [0.29, 0.717) is 13.0 Å². The van der Waals surface area contributed by atoms with E-state index in [1.807, 2.05) is 55.5 Å². The molecule has 0 aliphatic heterocycles. The largest absolute Gasteiger partial charge is 0.352 e. The molecule has 2 aromatic rings. The van der Waals surface area contributed by atoms with E-state index in [4.69, 9.17) is 0 Å². The lowest BCUT2D eigenvalue weighted by Gasteiger charge is -2.10. The number of rotatable bonds is 6.